The quantitative estimate of drug-likeness (QED) is 0.330. The molecule has 0 aliphatic carbocycles. The van der Waals surface area contributed by atoms with Gasteiger partial charge in [0.05, 0.1) is 4.92 Å². The van der Waals surface area contributed by atoms with E-state index in [1.807, 2.05) is 44.0 Å². The summed E-state index contributed by atoms with van der Waals surface area (Å²) in [7, 11) is 0. The third kappa shape index (κ3) is 3.70. The van der Waals surface area contributed by atoms with Gasteiger partial charge in [0, 0.05) is 20.6 Å². The number of hydrogen-bond acceptors (Lipinski definition) is 4. The van der Waals surface area contributed by atoms with Crippen molar-refractivity contribution < 1.29 is 4.92 Å². The van der Waals surface area contributed by atoms with Crippen LogP contribution in [0.5, 0.6) is 0 Å². The summed E-state index contributed by atoms with van der Waals surface area (Å²) in [5.41, 5.74) is 2.26. The van der Waals surface area contributed by atoms with E-state index in [1.165, 1.54) is 15.2 Å². The van der Waals surface area contributed by atoms with Crippen LogP contribution in [0.4, 0.5) is 5.69 Å². The van der Waals surface area contributed by atoms with E-state index in [-0.39, 0.29) is 5.69 Å². The Morgan fingerprint density at radius 2 is 1.82 bits per heavy atom. The van der Waals surface area contributed by atoms with E-state index in [1.54, 1.807) is 6.08 Å². The van der Waals surface area contributed by atoms with Crippen LogP contribution in [-0.4, -0.2) is 19.5 Å². The maximum atomic E-state index is 11.7. The Hall–Kier alpha value is -2.95. The van der Waals surface area contributed by atoms with Gasteiger partial charge in [-0.1, -0.05) is 6.08 Å². The number of aromatic amines is 2. The molecule has 0 bridgehead atoms. The fourth-order valence-electron chi connectivity index (χ4n) is 3.09. The molecule has 3 aromatic rings. The SMILES string of the molecule is Cc1cc(-n2c(C)cc(/C=C/c3[nH]c(=O)[nH]c(=O)c3[N+](=O)[O-])c2C)ccc1I. The smallest absolute Gasteiger partial charge is 0.318 e. The summed E-state index contributed by atoms with van der Waals surface area (Å²) < 4.78 is 3.26. The highest BCUT2D eigenvalue weighted by atomic mass is 127. The first-order valence-electron chi connectivity index (χ1n) is 8.33. The molecule has 0 aliphatic heterocycles. The number of aromatic nitrogens is 3. The maximum absolute atomic E-state index is 11.7. The zero-order chi connectivity index (χ0) is 20.6. The molecule has 3 rings (SSSR count). The zero-order valence-electron chi connectivity index (χ0n) is 15.4. The molecule has 0 saturated heterocycles. The van der Waals surface area contributed by atoms with Gasteiger partial charge in [0.1, 0.15) is 5.69 Å². The molecule has 2 heterocycles. The lowest BCUT2D eigenvalue weighted by Gasteiger charge is -2.11. The largest absolute Gasteiger partial charge is 0.357 e. The maximum Gasteiger partial charge on any atom is 0.357 e. The molecule has 1 aromatic carbocycles. The van der Waals surface area contributed by atoms with Crippen LogP contribution in [0, 0.1) is 34.5 Å². The van der Waals surface area contributed by atoms with Crippen molar-refractivity contribution in [2.75, 3.05) is 0 Å². The molecular formula is C19H17IN4O4. The van der Waals surface area contributed by atoms with Gasteiger partial charge in [0.15, 0.2) is 0 Å². The predicted octanol–water partition coefficient (Wildman–Crippen LogP) is 3.46. The number of H-pyrrole nitrogens is 2. The first kappa shape index (κ1) is 19.8. The minimum Gasteiger partial charge on any atom is -0.318 e. The molecule has 0 unspecified atom stereocenters. The molecule has 2 aromatic heterocycles. The summed E-state index contributed by atoms with van der Waals surface area (Å²) in [6.07, 6.45) is 3.02. The zero-order valence-corrected chi connectivity index (χ0v) is 17.5. The van der Waals surface area contributed by atoms with Crippen molar-refractivity contribution in [3.05, 3.63) is 87.0 Å². The highest BCUT2D eigenvalue weighted by Gasteiger charge is 2.19. The molecule has 0 fully saturated rings. The second-order valence-electron chi connectivity index (χ2n) is 6.36. The third-order valence-electron chi connectivity index (χ3n) is 4.43. The van der Waals surface area contributed by atoms with E-state index < -0.39 is 21.9 Å². The van der Waals surface area contributed by atoms with Gasteiger partial charge in [0.25, 0.3) is 0 Å². The lowest BCUT2D eigenvalue weighted by atomic mass is 10.2. The third-order valence-corrected chi connectivity index (χ3v) is 5.64. The summed E-state index contributed by atoms with van der Waals surface area (Å²) in [6.45, 7) is 5.95. The summed E-state index contributed by atoms with van der Waals surface area (Å²) >= 11 is 2.28. The van der Waals surface area contributed by atoms with Crippen LogP contribution in [0.1, 0.15) is 28.2 Å². The van der Waals surface area contributed by atoms with Gasteiger partial charge in [-0.2, -0.15) is 0 Å². The monoisotopic (exact) mass is 492 g/mol. The van der Waals surface area contributed by atoms with Crippen LogP contribution in [0.15, 0.2) is 33.9 Å². The fraction of sp³-hybridized carbons (Fsp3) is 0.158. The molecule has 9 heteroatoms. The van der Waals surface area contributed by atoms with E-state index in [4.69, 9.17) is 0 Å². The minimum absolute atomic E-state index is 0.145. The van der Waals surface area contributed by atoms with Gasteiger partial charge in [0.2, 0.25) is 0 Å². The topological polar surface area (TPSA) is 114 Å². The molecule has 0 atom stereocenters. The molecule has 0 aliphatic rings. The number of aryl methyl sites for hydroxylation is 2. The number of nitrogens with zero attached hydrogens (tertiary/aromatic N) is 2. The molecule has 8 nitrogen and oxygen atoms in total. The number of nitrogens with one attached hydrogen (secondary N) is 2. The van der Waals surface area contributed by atoms with Crippen LogP contribution in [0.2, 0.25) is 0 Å². The molecule has 0 amide bonds. The molecule has 2 N–H and O–H groups in total. The van der Waals surface area contributed by atoms with Crippen molar-refractivity contribution >= 4 is 40.4 Å². The number of benzene rings is 1. The first-order chi connectivity index (χ1) is 13.2. The van der Waals surface area contributed by atoms with Gasteiger partial charge in [-0.05, 0) is 84.8 Å². The lowest BCUT2D eigenvalue weighted by Crippen LogP contribution is -2.25. The van der Waals surface area contributed by atoms with E-state index in [9.17, 15) is 19.7 Å². The molecule has 0 saturated carbocycles. The Morgan fingerprint density at radius 1 is 1.11 bits per heavy atom. The van der Waals surface area contributed by atoms with Gasteiger partial charge in [-0.25, -0.2) is 4.79 Å². The van der Waals surface area contributed by atoms with Crippen LogP contribution < -0.4 is 11.2 Å². The van der Waals surface area contributed by atoms with Crippen molar-refractivity contribution in [2.45, 2.75) is 20.8 Å². The Kier molecular flexibility index (Phi) is 5.36. The van der Waals surface area contributed by atoms with E-state index in [2.05, 4.69) is 38.2 Å². The summed E-state index contributed by atoms with van der Waals surface area (Å²) in [4.78, 5) is 37.7. The van der Waals surface area contributed by atoms with Crippen molar-refractivity contribution in [2.24, 2.45) is 0 Å². The Labute approximate surface area is 173 Å². The van der Waals surface area contributed by atoms with Crippen molar-refractivity contribution in [1.29, 1.82) is 0 Å². The highest BCUT2D eigenvalue weighted by molar-refractivity contribution is 14.1. The fourth-order valence-corrected chi connectivity index (χ4v) is 3.43. The Balaban J connectivity index is 2.08. The molecule has 0 radical (unpaired) electrons. The Bertz CT molecular complexity index is 1230. The average molecular weight is 492 g/mol. The van der Waals surface area contributed by atoms with Gasteiger partial charge >= 0.3 is 16.9 Å². The standard InChI is InChI=1S/C19H17IN4O4/c1-10-8-14(5-6-15(10)20)23-11(2)9-13(12(23)3)4-7-16-17(24(27)28)18(25)22-19(26)21-16/h4-9H,1-3H3,(H2,21,22,25,26)/b7-4+. The number of halogens is 1. The van der Waals surface area contributed by atoms with Gasteiger partial charge < -0.3 is 9.55 Å². The van der Waals surface area contributed by atoms with Crippen LogP contribution in [0.3, 0.4) is 0 Å². The summed E-state index contributed by atoms with van der Waals surface area (Å²) in [6, 6.07) is 8.11. The van der Waals surface area contributed by atoms with Gasteiger partial charge in [-0.3, -0.25) is 19.9 Å². The first-order valence-corrected chi connectivity index (χ1v) is 9.41. The second kappa shape index (κ2) is 7.58. The molecular weight excluding hydrogens is 475 g/mol. The lowest BCUT2D eigenvalue weighted by molar-refractivity contribution is -0.386. The van der Waals surface area contributed by atoms with E-state index in [0.717, 1.165) is 22.6 Å². The van der Waals surface area contributed by atoms with Crippen molar-refractivity contribution in [1.82, 2.24) is 14.5 Å². The van der Waals surface area contributed by atoms with Crippen LogP contribution >= 0.6 is 22.6 Å². The van der Waals surface area contributed by atoms with E-state index in [0.29, 0.717) is 0 Å². The molecule has 0 spiro atoms. The van der Waals surface area contributed by atoms with Crippen LogP contribution in [0.25, 0.3) is 17.8 Å². The van der Waals surface area contributed by atoms with E-state index >= 15 is 0 Å². The number of rotatable bonds is 4. The Morgan fingerprint density at radius 3 is 2.46 bits per heavy atom. The summed E-state index contributed by atoms with van der Waals surface area (Å²) in [5, 5.41) is 11.2. The minimum atomic E-state index is -1.03. The number of hydrogen-bond donors (Lipinski definition) is 2. The summed E-state index contributed by atoms with van der Waals surface area (Å²) in [5.74, 6) is 0. The molecule has 28 heavy (non-hydrogen) atoms. The van der Waals surface area contributed by atoms with Crippen molar-refractivity contribution in [3.63, 3.8) is 0 Å². The van der Waals surface area contributed by atoms with Crippen molar-refractivity contribution in [3.8, 4) is 5.69 Å². The highest BCUT2D eigenvalue weighted by Crippen LogP contribution is 2.25. The normalized spacial score (nSPS) is 11.3. The van der Waals surface area contributed by atoms with Gasteiger partial charge in [-0.15, -0.1) is 0 Å². The van der Waals surface area contributed by atoms with Crippen LogP contribution in [-0.2, 0) is 0 Å². The average Bonchev–Trinajstić information content (AvgIpc) is 2.88. The molecule has 144 valence electrons. The second-order valence-corrected chi connectivity index (χ2v) is 7.52. The number of nitro groups is 1. The predicted molar refractivity (Wildman–Crippen MR) is 116 cm³/mol.